The molecule has 0 radical (unpaired) electrons. The molecule has 114 valence electrons. The van der Waals surface area contributed by atoms with Crippen molar-refractivity contribution in [3.8, 4) is 0 Å². The maximum absolute atomic E-state index is 12.3. The second-order valence-corrected chi connectivity index (χ2v) is 7.72. The third kappa shape index (κ3) is 3.52. The molecular formula is C14H18N2O2S3. The largest absolute Gasteiger partial charge is 0.462 e. The van der Waals surface area contributed by atoms with Crippen molar-refractivity contribution in [2.45, 2.75) is 38.0 Å². The van der Waals surface area contributed by atoms with Crippen molar-refractivity contribution in [1.29, 1.82) is 0 Å². The Morgan fingerprint density at radius 1 is 1.48 bits per heavy atom. The van der Waals surface area contributed by atoms with Crippen LogP contribution in [0.15, 0.2) is 0 Å². The van der Waals surface area contributed by atoms with Crippen molar-refractivity contribution in [3.63, 3.8) is 0 Å². The highest BCUT2D eigenvalue weighted by molar-refractivity contribution is 7.98. The van der Waals surface area contributed by atoms with E-state index in [0.29, 0.717) is 23.3 Å². The molecule has 21 heavy (non-hydrogen) atoms. The van der Waals surface area contributed by atoms with Gasteiger partial charge in [0.05, 0.1) is 12.2 Å². The molecule has 1 aromatic heterocycles. The lowest BCUT2D eigenvalue weighted by molar-refractivity contribution is 0.0527. The Kier molecular flexibility index (Phi) is 4.71. The van der Waals surface area contributed by atoms with Crippen molar-refractivity contribution in [2.24, 2.45) is 0 Å². The highest BCUT2D eigenvalue weighted by Gasteiger charge is 2.28. The van der Waals surface area contributed by atoms with Gasteiger partial charge in [-0.3, -0.25) is 0 Å². The zero-order chi connectivity index (χ0) is 14.8. The summed E-state index contributed by atoms with van der Waals surface area (Å²) in [6.45, 7) is 2.22. The maximum Gasteiger partial charge on any atom is 0.341 e. The Balaban J connectivity index is 1.84. The van der Waals surface area contributed by atoms with E-state index >= 15 is 0 Å². The van der Waals surface area contributed by atoms with Crippen LogP contribution in [-0.2, 0) is 16.9 Å². The quantitative estimate of drug-likeness (QED) is 0.647. The smallest absolute Gasteiger partial charge is 0.341 e. The van der Waals surface area contributed by atoms with E-state index in [0.717, 1.165) is 28.5 Å². The number of thiocarbonyl (C=S) groups is 1. The number of anilines is 1. The molecule has 1 aromatic rings. The summed E-state index contributed by atoms with van der Waals surface area (Å²) in [6, 6.07) is 0.501. The van der Waals surface area contributed by atoms with Crippen molar-refractivity contribution in [3.05, 3.63) is 16.0 Å². The summed E-state index contributed by atoms with van der Waals surface area (Å²) >= 11 is 8.87. The van der Waals surface area contributed by atoms with Crippen LogP contribution in [-0.4, -0.2) is 29.5 Å². The molecule has 1 fully saturated rings. The molecule has 2 heterocycles. The van der Waals surface area contributed by atoms with Crippen molar-refractivity contribution in [1.82, 2.24) is 5.32 Å². The van der Waals surface area contributed by atoms with Crippen LogP contribution in [0.2, 0.25) is 0 Å². The van der Waals surface area contributed by atoms with Crippen LogP contribution < -0.4 is 10.6 Å². The van der Waals surface area contributed by atoms with Crippen LogP contribution >= 0.6 is 35.3 Å². The minimum Gasteiger partial charge on any atom is -0.462 e. The summed E-state index contributed by atoms with van der Waals surface area (Å²) in [5, 5.41) is 7.90. The highest BCUT2D eigenvalue weighted by atomic mass is 32.2. The van der Waals surface area contributed by atoms with E-state index in [1.807, 2.05) is 18.7 Å². The first kappa shape index (κ1) is 15.1. The van der Waals surface area contributed by atoms with Gasteiger partial charge in [-0.05, 0) is 49.7 Å². The summed E-state index contributed by atoms with van der Waals surface area (Å²) in [6.07, 6.45) is 3.27. The molecule has 4 nitrogen and oxygen atoms in total. The lowest BCUT2D eigenvalue weighted by Gasteiger charge is -2.12. The predicted octanol–water partition coefficient (Wildman–Crippen LogP) is 3.16. The molecule has 0 unspecified atom stereocenters. The number of rotatable bonds is 4. The summed E-state index contributed by atoms with van der Waals surface area (Å²) < 4.78 is 5.23. The fourth-order valence-electron chi connectivity index (χ4n) is 2.29. The molecule has 2 N–H and O–H groups in total. The number of hydrogen-bond acceptors (Lipinski definition) is 5. The number of hydrogen-bond donors (Lipinski definition) is 2. The Hall–Kier alpha value is -0.790. The third-order valence-corrected chi connectivity index (χ3v) is 5.98. The molecule has 1 aliphatic carbocycles. The monoisotopic (exact) mass is 342 g/mol. The maximum atomic E-state index is 12.3. The average Bonchev–Trinajstić information content (AvgIpc) is 3.18. The summed E-state index contributed by atoms with van der Waals surface area (Å²) in [5.74, 6) is 1.79. The van der Waals surface area contributed by atoms with Gasteiger partial charge in [0.2, 0.25) is 0 Å². The Labute approximate surface area is 138 Å². The van der Waals surface area contributed by atoms with E-state index in [9.17, 15) is 4.79 Å². The van der Waals surface area contributed by atoms with Crippen LogP contribution in [0.25, 0.3) is 0 Å². The molecule has 0 bridgehead atoms. The average molecular weight is 343 g/mol. The van der Waals surface area contributed by atoms with Crippen LogP contribution in [0, 0.1) is 0 Å². The van der Waals surface area contributed by atoms with Gasteiger partial charge in [-0.15, -0.1) is 11.3 Å². The summed E-state index contributed by atoms with van der Waals surface area (Å²) in [7, 11) is 0. The number of fused-ring (bicyclic) bond motifs is 1. The number of nitrogens with one attached hydrogen (secondary N) is 2. The molecular weight excluding hydrogens is 324 g/mol. The Morgan fingerprint density at radius 3 is 3.00 bits per heavy atom. The first-order valence-electron chi connectivity index (χ1n) is 7.16. The molecule has 0 aromatic carbocycles. The number of thiophene rings is 1. The lowest BCUT2D eigenvalue weighted by atomic mass is 10.1. The minimum atomic E-state index is -0.237. The Morgan fingerprint density at radius 2 is 2.29 bits per heavy atom. The SMILES string of the molecule is CCOC(=O)c1c(NC(=S)NC2CC2)sc2c1CCSC2. The molecule has 0 amide bonds. The van der Waals surface area contributed by atoms with E-state index in [-0.39, 0.29) is 5.97 Å². The molecule has 0 saturated heterocycles. The van der Waals surface area contributed by atoms with E-state index in [1.165, 1.54) is 17.7 Å². The molecule has 1 aliphatic heterocycles. The van der Waals surface area contributed by atoms with Crippen molar-refractivity contribution >= 4 is 51.4 Å². The van der Waals surface area contributed by atoms with Gasteiger partial charge in [-0.2, -0.15) is 11.8 Å². The Bertz CT molecular complexity index is 567. The molecule has 1 saturated carbocycles. The number of carbonyl (C=O) groups excluding carboxylic acids is 1. The van der Waals surface area contributed by atoms with Gasteiger partial charge >= 0.3 is 5.97 Å². The summed E-state index contributed by atoms with van der Waals surface area (Å²) in [5.41, 5.74) is 1.84. The molecule has 7 heteroatoms. The molecule has 3 rings (SSSR count). The van der Waals surface area contributed by atoms with Gasteiger partial charge in [-0.25, -0.2) is 4.79 Å². The normalized spacial score (nSPS) is 17.0. The second-order valence-electron chi connectivity index (χ2n) is 5.10. The number of carbonyl (C=O) groups is 1. The fourth-order valence-corrected chi connectivity index (χ4v) is 5.00. The van der Waals surface area contributed by atoms with Gasteiger partial charge < -0.3 is 15.4 Å². The second kappa shape index (κ2) is 6.54. The third-order valence-electron chi connectivity index (χ3n) is 3.44. The van der Waals surface area contributed by atoms with Gasteiger partial charge in [-0.1, -0.05) is 0 Å². The van der Waals surface area contributed by atoms with Gasteiger partial charge in [0.15, 0.2) is 5.11 Å². The fraction of sp³-hybridized carbons (Fsp3) is 0.571. The number of ether oxygens (including phenoxy) is 1. The molecule has 2 aliphatic rings. The van der Waals surface area contributed by atoms with Crippen molar-refractivity contribution in [2.75, 3.05) is 17.7 Å². The van der Waals surface area contributed by atoms with Crippen molar-refractivity contribution < 1.29 is 9.53 Å². The predicted molar refractivity (Wildman–Crippen MR) is 92.5 cm³/mol. The van der Waals surface area contributed by atoms with E-state index in [2.05, 4.69) is 10.6 Å². The molecule has 0 atom stereocenters. The van der Waals surface area contributed by atoms with E-state index < -0.39 is 0 Å². The van der Waals surface area contributed by atoms with E-state index in [4.69, 9.17) is 17.0 Å². The standard InChI is InChI=1S/C14H18N2O2S3/c1-2-18-13(17)11-9-5-6-20-7-10(9)21-12(11)16-14(19)15-8-3-4-8/h8H,2-7H2,1H3,(H2,15,16,19). The van der Waals surface area contributed by atoms with Crippen LogP contribution in [0.3, 0.4) is 0 Å². The minimum absolute atomic E-state index is 0.237. The van der Waals surface area contributed by atoms with Crippen LogP contribution in [0.5, 0.6) is 0 Å². The van der Waals surface area contributed by atoms with Gasteiger partial charge in [0.1, 0.15) is 5.00 Å². The highest BCUT2D eigenvalue weighted by Crippen LogP contribution is 2.39. The van der Waals surface area contributed by atoms with Crippen LogP contribution in [0.4, 0.5) is 5.00 Å². The zero-order valence-corrected chi connectivity index (χ0v) is 14.3. The lowest BCUT2D eigenvalue weighted by Crippen LogP contribution is -2.30. The van der Waals surface area contributed by atoms with Crippen LogP contribution in [0.1, 0.15) is 40.6 Å². The zero-order valence-electron chi connectivity index (χ0n) is 11.9. The number of esters is 1. The first-order valence-corrected chi connectivity index (χ1v) is 9.54. The van der Waals surface area contributed by atoms with E-state index in [1.54, 1.807) is 11.3 Å². The summed E-state index contributed by atoms with van der Waals surface area (Å²) in [4.78, 5) is 13.6. The molecule has 0 spiro atoms. The van der Waals surface area contributed by atoms with Gasteiger partial charge in [0, 0.05) is 16.7 Å². The first-order chi connectivity index (χ1) is 10.2. The topological polar surface area (TPSA) is 50.4 Å². The number of thioether (sulfide) groups is 1. The van der Waals surface area contributed by atoms with Gasteiger partial charge in [0.25, 0.3) is 0 Å².